The quantitative estimate of drug-likeness (QED) is 0.576. The lowest BCUT2D eigenvalue weighted by molar-refractivity contribution is -0.0525. The molecule has 0 unspecified atom stereocenters. The molecule has 1 fully saturated rings. The summed E-state index contributed by atoms with van der Waals surface area (Å²) in [6.07, 6.45) is 7.52. The highest BCUT2D eigenvalue weighted by molar-refractivity contribution is 7.87. The van der Waals surface area contributed by atoms with E-state index in [9.17, 15) is 21.6 Å². The zero-order chi connectivity index (χ0) is 13.4. The fourth-order valence-electron chi connectivity index (χ4n) is 2.78. The molecule has 7 heteroatoms. The molecule has 3 nitrogen and oxygen atoms in total. The summed E-state index contributed by atoms with van der Waals surface area (Å²) in [5, 5.41) is 0. The van der Waals surface area contributed by atoms with Crippen LogP contribution in [0.4, 0.5) is 13.2 Å². The summed E-state index contributed by atoms with van der Waals surface area (Å²) in [6, 6.07) is 0. The summed E-state index contributed by atoms with van der Waals surface area (Å²) in [5.41, 5.74) is -5.41. The van der Waals surface area contributed by atoms with Crippen molar-refractivity contribution in [1.82, 2.24) is 0 Å². The Bertz CT molecular complexity index is 445. The Labute approximate surface area is 104 Å². The van der Waals surface area contributed by atoms with Gasteiger partial charge < -0.3 is 4.18 Å². The molecular weight excluding hydrogens is 269 g/mol. The highest BCUT2D eigenvalue weighted by Gasteiger charge is 2.50. The first-order chi connectivity index (χ1) is 8.24. The molecule has 0 aliphatic heterocycles. The first-order valence-corrected chi connectivity index (χ1v) is 7.35. The average molecular weight is 284 g/mol. The van der Waals surface area contributed by atoms with Gasteiger partial charge in [0.25, 0.3) is 0 Å². The van der Waals surface area contributed by atoms with E-state index in [4.69, 9.17) is 0 Å². The molecule has 0 bridgehead atoms. The molecule has 0 aromatic heterocycles. The second kappa shape index (κ2) is 4.43. The molecule has 18 heavy (non-hydrogen) atoms. The Morgan fingerprint density at radius 3 is 2.33 bits per heavy atom. The molecule has 0 saturated heterocycles. The number of alkyl halides is 3. The lowest BCUT2D eigenvalue weighted by Gasteiger charge is -2.33. The van der Waals surface area contributed by atoms with Gasteiger partial charge >= 0.3 is 15.6 Å². The van der Waals surface area contributed by atoms with Crippen LogP contribution in [0.1, 0.15) is 44.9 Å². The van der Waals surface area contributed by atoms with E-state index in [0.29, 0.717) is 12.8 Å². The van der Waals surface area contributed by atoms with Crippen molar-refractivity contribution < 1.29 is 25.8 Å². The molecule has 0 radical (unpaired) electrons. The molecule has 0 aromatic rings. The highest BCUT2D eigenvalue weighted by atomic mass is 32.2. The van der Waals surface area contributed by atoms with E-state index in [1.54, 1.807) is 0 Å². The van der Waals surface area contributed by atoms with E-state index >= 15 is 0 Å². The Hall–Kier alpha value is -0.720. The summed E-state index contributed by atoms with van der Waals surface area (Å²) >= 11 is 0. The first kappa shape index (κ1) is 13.7. The second-order valence-corrected chi connectivity index (χ2v) is 6.63. The van der Waals surface area contributed by atoms with Crippen LogP contribution in [0.25, 0.3) is 0 Å². The molecule has 2 rings (SSSR count). The molecule has 2 aliphatic carbocycles. The molecule has 2 aliphatic rings. The Morgan fingerprint density at radius 1 is 1.17 bits per heavy atom. The summed E-state index contributed by atoms with van der Waals surface area (Å²) in [7, 11) is -5.50. The molecule has 0 aromatic carbocycles. The molecule has 0 amide bonds. The number of allylic oxidation sites excluding steroid dienone is 2. The van der Waals surface area contributed by atoms with Gasteiger partial charge in [-0.3, -0.25) is 0 Å². The van der Waals surface area contributed by atoms with Gasteiger partial charge in [-0.1, -0.05) is 19.3 Å². The third-order valence-corrected chi connectivity index (χ3v) is 4.73. The molecule has 1 spiro atoms. The standard InChI is InChI=1S/C11H15F3O3S/c12-11(13,14)18(15,16)17-9-4-7-10(8-9)5-2-1-3-6-10/h4H,1-3,5-8H2. The summed E-state index contributed by atoms with van der Waals surface area (Å²) in [6.45, 7) is 0. The maximum Gasteiger partial charge on any atom is 0.534 e. The van der Waals surface area contributed by atoms with Gasteiger partial charge in [0, 0.05) is 6.42 Å². The van der Waals surface area contributed by atoms with Crippen LogP contribution in [0.5, 0.6) is 0 Å². The van der Waals surface area contributed by atoms with Crippen molar-refractivity contribution in [1.29, 1.82) is 0 Å². The van der Waals surface area contributed by atoms with Crippen molar-refractivity contribution in [2.24, 2.45) is 5.41 Å². The van der Waals surface area contributed by atoms with Gasteiger partial charge in [0.2, 0.25) is 0 Å². The zero-order valence-electron chi connectivity index (χ0n) is 9.79. The van der Waals surface area contributed by atoms with Crippen molar-refractivity contribution in [3.05, 3.63) is 11.8 Å². The minimum absolute atomic E-state index is 0.0470. The van der Waals surface area contributed by atoms with Gasteiger partial charge in [-0.2, -0.15) is 21.6 Å². The third-order valence-electron chi connectivity index (χ3n) is 3.73. The SMILES string of the molecule is O=S(=O)(OC1=CCC2(CCCCC2)C1)C(F)(F)F. The monoisotopic (exact) mass is 284 g/mol. The Balaban J connectivity index is 2.02. The Morgan fingerprint density at radius 2 is 1.78 bits per heavy atom. The van der Waals surface area contributed by atoms with Crippen LogP contribution >= 0.6 is 0 Å². The van der Waals surface area contributed by atoms with Crippen LogP contribution in [-0.4, -0.2) is 13.9 Å². The van der Waals surface area contributed by atoms with Crippen LogP contribution in [0.2, 0.25) is 0 Å². The van der Waals surface area contributed by atoms with Crippen molar-refractivity contribution in [2.75, 3.05) is 0 Å². The van der Waals surface area contributed by atoms with Crippen molar-refractivity contribution in [3.8, 4) is 0 Å². The number of hydrogen-bond donors (Lipinski definition) is 0. The number of halogens is 3. The summed E-state index contributed by atoms with van der Waals surface area (Å²) in [4.78, 5) is 0. The van der Waals surface area contributed by atoms with E-state index in [-0.39, 0.29) is 11.2 Å². The van der Waals surface area contributed by atoms with Crippen LogP contribution in [0.3, 0.4) is 0 Å². The average Bonchev–Trinajstić information content (AvgIpc) is 2.60. The van der Waals surface area contributed by atoms with Gasteiger partial charge in [0.05, 0.1) is 0 Å². The van der Waals surface area contributed by atoms with Gasteiger partial charge in [-0.25, -0.2) is 0 Å². The smallest absolute Gasteiger partial charge is 0.381 e. The van der Waals surface area contributed by atoms with Gasteiger partial charge in [0.1, 0.15) is 5.76 Å². The van der Waals surface area contributed by atoms with Crippen LogP contribution in [0.15, 0.2) is 11.8 Å². The minimum Gasteiger partial charge on any atom is -0.381 e. The zero-order valence-corrected chi connectivity index (χ0v) is 10.6. The molecule has 0 N–H and O–H groups in total. The third kappa shape index (κ3) is 2.65. The molecular formula is C11H15F3O3S. The first-order valence-electron chi connectivity index (χ1n) is 5.94. The summed E-state index contributed by atoms with van der Waals surface area (Å²) < 4.78 is 62.5. The maximum absolute atomic E-state index is 12.2. The fraction of sp³-hybridized carbons (Fsp3) is 0.818. The van der Waals surface area contributed by atoms with Crippen LogP contribution in [-0.2, 0) is 14.3 Å². The molecule has 0 heterocycles. The minimum atomic E-state index is -5.50. The van der Waals surface area contributed by atoms with Crippen molar-refractivity contribution >= 4 is 10.1 Å². The number of hydrogen-bond acceptors (Lipinski definition) is 3. The van der Waals surface area contributed by atoms with E-state index < -0.39 is 15.6 Å². The highest BCUT2D eigenvalue weighted by Crippen LogP contribution is 2.49. The normalized spacial score (nSPS) is 24.1. The van der Waals surface area contributed by atoms with Gasteiger partial charge in [0.15, 0.2) is 0 Å². The van der Waals surface area contributed by atoms with E-state index in [1.165, 1.54) is 6.08 Å². The van der Waals surface area contributed by atoms with Crippen LogP contribution in [0, 0.1) is 5.41 Å². The van der Waals surface area contributed by atoms with Crippen LogP contribution < -0.4 is 0 Å². The summed E-state index contributed by atoms with van der Waals surface area (Å²) in [5.74, 6) is -0.0470. The molecule has 0 atom stereocenters. The molecule has 104 valence electrons. The molecule has 1 saturated carbocycles. The van der Waals surface area contributed by atoms with Crippen molar-refractivity contribution in [2.45, 2.75) is 50.5 Å². The maximum atomic E-state index is 12.2. The van der Waals surface area contributed by atoms with Crippen molar-refractivity contribution in [3.63, 3.8) is 0 Å². The van der Waals surface area contributed by atoms with Gasteiger partial charge in [-0.05, 0) is 30.8 Å². The van der Waals surface area contributed by atoms with E-state index in [2.05, 4.69) is 4.18 Å². The lowest BCUT2D eigenvalue weighted by Crippen LogP contribution is -2.26. The predicted molar refractivity (Wildman–Crippen MR) is 58.9 cm³/mol. The largest absolute Gasteiger partial charge is 0.534 e. The van der Waals surface area contributed by atoms with E-state index in [0.717, 1.165) is 32.1 Å². The lowest BCUT2D eigenvalue weighted by atomic mass is 9.72. The number of rotatable bonds is 2. The van der Waals surface area contributed by atoms with E-state index in [1.807, 2.05) is 0 Å². The van der Waals surface area contributed by atoms with Gasteiger partial charge in [-0.15, -0.1) is 0 Å². The topological polar surface area (TPSA) is 43.4 Å². The predicted octanol–water partition coefficient (Wildman–Crippen LogP) is 3.48. The second-order valence-electron chi connectivity index (χ2n) is 5.10. The Kier molecular flexibility index (Phi) is 3.38. The fourth-order valence-corrected chi connectivity index (χ4v) is 3.28.